The number of hydrogen-bond acceptors (Lipinski definition) is 1. The lowest BCUT2D eigenvalue weighted by molar-refractivity contribution is -0.765. The van der Waals surface area contributed by atoms with Crippen LogP contribution in [-0.4, -0.2) is 0 Å². The summed E-state index contributed by atoms with van der Waals surface area (Å²) in [6, 6.07) is 16.9. The van der Waals surface area contributed by atoms with Crippen molar-refractivity contribution in [3.63, 3.8) is 0 Å². The third-order valence-corrected chi connectivity index (χ3v) is 10.3. The van der Waals surface area contributed by atoms with Gasteiger partial charge in [0.25, 0.3) is 0 Å². The van der Waals surface area contributed by atoms with Gasteiger partial charge in [-0.05, 0) is 54.9 Å². The maximum atomic E-state index is 2.63. The molecule has 4 aromatic rings. The van der Waals surface area contributed by atoms with Gasteiger partial charge in [0.1, 0.15) is 0 Å². The molecule has 0 N–H and O–H groups in total. The van der Waals surface area contributed by atoms with Gasteiger partial charge < -0.3 is 0 Å². The van der Waals surface area contributed by atoms with Gasteiger partial charge >= 0.3 is 0 Å². The quantitative estimate of drug-likeness (QED) is 0.247. The van der Waals surface area contributed by atoms with E-state index in [4.69, 9.17) is 0 Å². The highest BCUT2D eigenvalue weighted by Gasteiger charge is 2.56. The zero-order chi connectivity index (χ0) is 24.3. The van der Waals surface area contributed by atoms with Crippen LogP contribution >= 0.6 is 11.3 Å². The number of benzene rings is 2. The smallest absolute Gasteiger partial charge is 0.192 e. The molecule has 34 heavy (non-hydrogen) atoms. The zero-order valence-electron chi connectivity index (χ0n) is 22.1. The lowest BCUT2D eigenvalue weighted by Gasteiger charge is -2.46. The Hall–Kier alpha value is -2.19. The number of thiophene rings is 1. The van der Waals surface area contributed by atoms with Gasteiger partial charge in [-0.25, -0.2) is 0 Å². The van der Waals surface area contributed by atoms with E-state index in [0.717, 1.165) is 12.8 Å². The van der Waals surface area contributed by atoms with Crippen LogP contribution in [0.15, 0.2) is 48.7 Å². The maximum Gasteiger partial charge on any atom is 0.215 e. The third kappa shape index (κ3) is 3.21. The van der Waals surface area contributed by atoms with Crippen LogP contribution < -0.4 is 4.57 Å². The molecule has 3 heterocycles. The van der Waals surface area contributed by atoms with Crippen LogP contribution in [0.5, 0.6) is 0 Å². The summed E-state index contributed by atoms with van der Waals surface area (Å²) in [7, 11) is 0. The number of unbranched alkanes of at least 4 members (excludes halogenated alkanes) is 1. The molecule has 1 aliphatic rings. The Morgan fingerprint density at radius 1 is 0.912 bits per heavy atom. The summed E-state index contributed by atoms with van der Waals surface area (Å²) in [5, 5.41) is 2.83. The molecular formula is C32H40NS+. The van der Waals surface area contributed by atoms with Gasteiger partial charge in [-0.15, -0.1) is 11.3 Å². The number of hydrogen-bond donors (Lipinski definition) is 0. The second-order valence-corrected chi connectivity index (χ2v) is 12.1. The highest BCUT2D eigenvalue weighted by atomic mass is 32.1. The zero-order valence-corrected chi connectivity index (χ0v) is 22.9. The highest BCUT2D eigenvalue weighted by molar-refractivity contribution is 7.26. The van der Waals surface area contributed by atoms with E-state index in [1.54, 1.807) is 0 Å². The normalized spacial score (nSPS) is 21.9. The number of aromatic nitrogens is 1. The fourth-order valence-corrected chi connectivity index (χ4v) is 7.64. The number of nitrogens with zero attached hydrogens (tertiary/aromatic N) is 1. The van der Waals surface area contributed by atoms with E-state index in [2.05, 4.69) is 102 Å². The Bertz CT molecular complexity index is 1380. The first-order chi connectivity index (χ1) is 16.3. The van der Waals surface area contributed by atoms with E-state index in [0.29, 0.717) is 5.92 Å². The number of pyridine rings is 1. The fourth-order valence-electron chi connectivity index (χ4n) is 6.32. The molecule has 2 aromatic heterocycles. The molecule has 0 aliphatic carbocycles. The topological polar surface area (TPSA) is 3.88 Å². The summed E-state index contributed by atoms with van der Waals surface area (Å²) in [5.41, 5.74) is 7.43. The minimum Gasteiger partial charge on any atom is -0.192 e. The number of fused-ring (bicyclic) bond motifs is 7. The largest absolute Gasteiger partial charge is 0.215 e. The van der Waals surface area contributed by atoms with E-state index in [1.807, 2.05) is 11.3 Å². The lowest BCUT2D eigenvalue weighted by atomic mass is 9.60. The first-order valence-electron chi connectivity index (χ1n) is 13.3. The van der Waals surface area contributed by atoms with E-state index in [1.165, 1.54) is 67.4 Å². The molecule has 0 spiro atoms. The summed E-state index contributed by atoms with van der Waals surface area (Å²) in [6.07, 6.45) is 8.31. The first kappa shape index (κ1) is 23.5. The van der Waals surface area contributed by atoms with Crippen molar-refractivity contribution in [1.82, 2.24) is 0 Å². The van der Waals surface area contributed by atoms with E-state index >= 15 is 0 Å². The van der Waals surface area contributed by atoms with Crippen molar-refractivity contribution in [3.8, 4) is 11.3 Å². The van der Waals surface area contributed by atoms with Crippen LogP contribution in [0.3, 0.4) is 0 Å². The molecule has 2 atom stereocenters. The average molecular weight is 471 g/mol. The van der Waals surface area contributed by atoms with Gasteiger partial charge in [0.2, 0.25) is 5.69 Å². The van der Waals surface area contributed by atoms with Crippen LogP contribution in [-0.2, 0) is 17.4 Å². The maximum absolute atomic E-state index is 2.63. The van der Waals surface area contributed by atoms with Crippen LogP contribution in [0.4, 0.5) is 0 Å². The molecule has 0 saturated heterocycles. The summed E-state index contributed by atoms with van der Waals surface area (Å²) in [6.45, 7) is 16.6. The number of aryl methyl sites for hydroxylation is 1. The predicted molar refractivity (Wildman–Crippen MR) is 149 cm³/mol. The third-order valence-electron chi connectivity index (χ3n) is 9.14. The van der Waals surface area contributed by atoms with Crippen LogP contribution in [0, 0.1) is 0 Å². The lowest BCUT2D eigenvalue weighted by Crippen LogP contribution is -2.67. The standard InChI is InChI=1S/C32H40NS/c1-8-11-12-22-13-14-24-25-15-16-26-29(30(25)34-28(24)19-22)27-20-23(21(4)5)17-18-33(27)32(7,10-3)31(26,6)9-2/h13-21H,8-12H2,1-7H3/q+1. The Balaban J connectivity index is 1.87. The van der Waals surface area contributed by atoms with Gasteiger partial charge in [0, 0.05) is 45.6 Å². The minimum absolute atomic E-state index is 0.0390. The molecule has 2 heteroatoms. The Morgan fingerprint density at radius 3 is 2.35 bits per heavy atom. The molecule has 0 saturated carbocycles. The monoisotopic (exact) mass is 470 g/mol. The molecule has 0 fully saturated rings. The average Bonchev–Trinajstić information content (AvgIpc) is 3.22. The van der Waals surface area contributed by atoms with Crippen LogP contribution in [0.25, 0.3) is 31.4 Å². The summed E-state index contributed by atoms with van der Waals surface area (Å²) < 4.78 is 5.53. The first-order valence-corrected chi connectivity index (χ1v) is 14.2. The van der Waals surface area contributed by atoms with Crippen molar-refractivity contribution in [1.29, 1.82) is 0 Å². The summed E-state index contributed by atoms with van der Waals surface area (Å²) in [4.78, 5) is 0. The second kappa shape index (κ2) is 8.48. The van der Waals surface area contributed by atoms with E-state index < -0.39 is 0 Å². The van der Waals surface area contributed by atoms with Gasteiger partial charge in [0.05, 0.1) is 11.0 Å². The van der Waals surface area contributed by atoms with E-state index in [-0.39, 0.29) is 11.0 Å². The van der Waals surface area contributed by atoms with Crippen LogP contribution in [0.1, 0.15) is 96.8 Å². The Morgan fingerprint density at radius 2 is 1.68 bits per heavy atom. The van der Waals surface area contributed by atoms with Gasteiger partial charge in [-0.2, -0.15) is 4.57 Å². The molecule has 178 valence electrons. The van der Waals surface area contributed by atoms with Crippen molar-refractivity contribution in [3.05, 3.63) is 65.4 Å². The molecular weight excluding hydrogens is 430 g/mol. The van der Waals surface area contributed by atoms with Crippen molar-refractivity contribution in [2.24, 2.45) is 0 Å². The van der Waals surface area contributed by atoms with Crippen molar-refractivity contribution >= 4 is 31.5 Å². The van der Waals surface area contributed by atoms with Gasteiger partial charge in [0.15, 0.2) is 11.7 Å². The second-order valence-electron chi connectivity index (χ2n) is 11.1. The summed E-state index contributed by atoms with van der Waals surface area (Å²) >= 11 is 2.01. The number of rotatable bonds is 6. The fraction of sp³-hybridized carbons (Fsp3) is 0.469. The molecule has 1 aliphatic heterocycles. The Kier molecular flexibility index (Phi) is 5.88. The molecule has 0 amide bonds. The van der Waals surface area contributed by atoms with Crippen molar-refractivity contribution in [2.45, 2.75) is 97.4 Å². The van der Waals surface area contributed by atoms with Crippen LogP contribution in [0.2, 0.25) is 0 Å². The molecule has 5 rings (SSSR count). The van der Waals surface area contributed by atoms with Gasteiger partial charge in [-0.3, -0.25) is 0 Å². The Labute approximate surface area is 209 Å². The van der Waals surface area contributed by atoms with E-state index in [9.17, 15) is 0 Å². The van der Waals surface area contributed by atoms with Crippen molar-refractivity contribution in [2.75, 3.05) is 0 Å². The SMILES string of the molecule is CCCCc1ccc2c(c1)sc1c3c(ccc12)C(C)(CC)C(C)(CC)[n+]1ccc(C(C)C)cc1-3. The van der Waals surface area contributed by atoms with Crippen molar-refractivity contribution < 1.29 is 4.57 Å². The minimum atomic E-state index is 0.0390. The predicted octanol–water partition coefficient (Wildman–Crippen LogP) is 9.28. The highest BCUT2D eigenvalue weighted by Crippen LogP contribution is 2.53. The van der Waals surface area contributed by atoms with Gasteiger partial charge in [-0.1, -0.05) is 65.3 Å². The molecule has 2 aromatic carbocycles. The molecule has 1 nitrogen and oxygen atoms in total. The summed E-state index contributed by atoms with van der Waals surface area (Å²) in [5.74, 6) is 0.518. The molecule has 0 bridgehead atoms. The molecule has 0 radical (unpaired) electrons. The molecule has 2 unspecified atom stereocenters.